The van der Waals surface area contributed by atoms with Gasteiger partial charge in [0.25, 0.3) is 11.8 Å². The van der Waals surface area contributed by atoms with Crippen molar-refractivity contribution >= 4 is 17.7 Å². The third-order valence-electron chi connectivity index (χ3n) is 7.00. The minimum absolute atomic E-state index is 0.00129. The highest BCUT2D eigenvalue weighted by molar-refractivity contribution is 5.99. The number of carbonyl (C=O) groups is 3. The first-order valence-electron chi connectivity index (χ1n) is 15.1. The average molecular weight is 589 g/mol. The van der Waals surface area contributed by atoms with E-state index in [0.29, 0.717) is 48.7 Å². The maximum atomic E-state index is 12.8. The summed E-state index contributed by atoms with van der Waals surface area (Å²) in [5, 5.41) is 5.84. The molecule has 2 atom stereocenters. The maximum absolute atomic E-state index is 12.8. The van der Waals surface area contributed by atoms with E-state index in [1.165, 1.54) is 12.1 Å². The summed E-state index contributed by atoms with van der Waals surface area (Å²) in [6, 6.07) is 9.87. The highest BCUT2D eigenvalue weighted by atomic mass is 19.1. The molecule has 7 nitrogen and oxygen atoms in total. The second-order valence-electron chi connectivity index (χ2n) is 10.9. The largest absolute Gasteiger partial charge is 0.356 e. The van der Waals surface area contributed by atoms with Crippen LogP contribution in [0.2, 0.25) is 0 Å². The standard InChI is InChI=1S/C26H44N4O3.C7H6F2/c1-6-13-30(14-7-2)26(33)22-12-10-11-21(16-22)25(32)29-18-23(27)15-19(5)24(31)28-17-20(8-3)9-4;1-5-2-6(8)4-7(9)3-5/h10-12,16,19-20,23H,6-9,13-15,17-18,27H2,1-5H3,(H,28,31)(H,29,32);2-4H,1H3. The molecule has 2 aromatic carbocycles. The van der Waals surface area contributed by atoms with E-state index in [9.17, 15) is 23.2 Å². The highest BCUT2D eigenvalue weighted by Crippen LogP contribution is 2.12. The Balaban J connectivity index is 0.000000827. The van der Waals surface area contributed by atoms with Gasteiger partial charge >= 0.3 is 0 Å². The molecular formula is C33H50F2N4O3. The van der Waals surface area contributed by atoms with E-state index in [0.717, 1.165) is 31.7 Å². The van der Waals surface area contributed by atoms with Crippen molar-refractivity contribution < 1.29 is 23.2 Å². The number of nitrogens with zero attached hydrogens (tertiary/aromatic N) is 1. The lowest BCUT2D eigenvalue weighted by Gasteiger charge is -2.22. The molecule has 9 heteroatoms. The van der Waals surface area contributed by atoms with Crippen LogP contribution in [-0.4, -0.2) is 54.8 Å². The molecule has 0 aliphatic carbocycles. The van der Waals surface area contributed by atoms with Crippen molar-refractivity contribution in [2.24, 2.45) is 17.6 Å². The molecule has 2 aromatic rings. The lowest BCUT2D eigenvalue weighted by Crippen LogP contribution is -2.41. The van der Waals surface area contributed by atoms with E-state index in [2.05, 4.69) is 24.5 Å². The zero-order valence-corrected chi connectivity index (χ0v) is 26.1. The van der Waals surface area contributed by atoms with E-state index in [4.69, 9.17) is 5.73 Å². The zero-order valence-electron chi connectivity index (χ0n) is 26.1. The lowest BCUT2D eigenvalue weighted by atomic mass is 9.99. The van der Waals surface area contributed by atoms with Gasteiger partial charge in [-0.1, -0.05) is 53.5 Å². The first-order valence-corrected chi connectivity index (χ1v) is 15.1. The topological polar surface area (TPSA) is 105 Å². The molecule has 0 fully saturated rings. The van der Waals surface area contributed by atoms with Crippen molar-refractivity contribution in [3.05, 3.63) is 70.8 Å². The van der Waals surface area contributed by atoms with Gasteiger partial charge in [0.15, 0.2) is 0 Å². The zero-order chi connectivity index (χ0) is 31.7. The summed E-state index contributed by atoms with van der Waals surface area (Å²) in [6.07, 6.45) is 4.34. The normalized spacial score (nSPS) is 12.1. The van der Waals surface area contributed by atoms with Crippen molar-refractivity contribution in [3.63, 3.8) is 0 Å². The van der Waals surface area contributed by atoms with Crippen molar-refractivity contribution in [3.8, 4) is 0 Å². The molecule has 2 rings (SSSR count). The van der Waals surface area contributed by atoms with Crippen molar-refractivity contribution in [1.82, 2.24) is 15.5 Å². The van der Waals surface area contributed by atoms with Crippen molar-refractivity contribution in [1.29, 1.82) is 0 Å². The number of hydrogen-bond acceptors (Lipinski definition) is 4. The van der Waals surface area contributed by atoms with Gasteiger partial charge in [0.05, 0.1) is 0 Å². The Morgan fingerprint density at radius 2 is 1.43 bits per heavy atom. The van der Waals surface area contributed by atoms with Gasteiger partial charge in [-0.15, -0.1) is 0 Å². The molecule has 234 valence electrons. The molecule has 0 saturated heterocycles. The average Bonchev–Trinajstić information content (AvgIpc) is 2.95. The van der Waals surface area contributed by atoms with E-state index >= 15 is 0 Å². The first-order chi connectivity index (χ1) is 19.9. The number of nitrogens with one attached hydrogen (secondary N) is 2. The Morgan fingerprint density at radius 3 is 1.95 bits per heavy atom. The van der Waals surface area contributed by atoms with Crippen molar-refractivity contribution in [2.75, 3.05) is 26.2 Å². The minimum Gasteiger partial charge on any atom is -0.356 e. The van der Waals surface area contributed by atoms with Crippen LogP contribution < -0.4 is 16.4 Å². The molecule has 0 heterocycles. The predicted octanol–water partition coefficient (Wildman–Crippen LogP) is 5.86. The van der Waals surface area contributed by atoms with Crippen LogP contribution in [0, 0.1) is 30.4 Å². The molecule has 2 unspecified atom stereocenters. The summed E-state index contributed by atoms with van der Waals surface area (Å²) in [5.41, 5.74) is 7.72. The van der Waals surface area contributed by atoms with Crippen LogP contribution in [0.15, 0.2) is 42.5 Å². The summed E-state index contributed by atoms with van der Waals surface area (Å²) in [4.78, 5) is 39.6. The molecule has 4 N–H and O–H groups in total. The molecule has 42 heavy (non-hydrogen) atoms. The summed E-state index contributed by atoms with van der Waals surface area (Å²) >= 11 is 0. The number of hydrogen-bond donors (Lipinski definition) is 3. The third kappa shape index (κ3) is 13.6. The van der Waals surface area contributed by atoms with Crippen LogP contribution in [0.1, 0.15) is 93.0 Å². The van der Waals surface area contributed by atoms with Gasteiger partial charge in [-0.2, -0.15) is 0 Å². The van der Waals surface area contributed by atoms with Crippen LogP contribution in [0.25, 0.3) is 0 Å². The fraction of sp³-hybridized carbons (Fsp3) is 0.545. The fourth-order valence-corrected chi connectivity index (χ4v) is 4.49. The number of rotatable bonds is 15. The Hall–Kier alpha value is -3.33. The van der Waals surface area contributed by atoms with E-state index in [-0.39, 0.29) is 36.2 Å². The molecule has 0 radical (unpaired) electrons. The molecule has 0 aliphatic heterocycles. The van der Waals surface area contributed by atoms with E-state index in [1.54, 1.807) is 31.2 Å². The smallest absolute Gasteiger partial charge is 0.253 e. The molecule has 0 spiro atoms. The number of benzene rings is 2. The maximum Gasteiger partial charge on any atom is 0.253 e. The molecule has 0 bridgehead atoms. The first kappa shape index (κ1) is 36.7. The van der Waals surface area contributed by atoms with E-state index < -0.39 is 11.6 Å². The third-order valence-corrected chi connectivity index (χ3v) is 7.00. The van der Waals surface area contributed by atoms with Crippen molar-refractivity contribution in [2.45, 2.75) is 79.7 Å². The Bertz CT molecular complexity index is 1070. The summed E-state index contributed by atoms with van der Waals surface area (Å²) in [5.74, 6) is -1.11. The monoisotopic (exact) mass is 588 g/mol. The quantitative estimate of drug-likeness (QED) is 0.243. The number of carbonyl (C=O) groups excluding carboxylic acids is 3. The van der Waals surface area contributed by atoms with Gasteiger partial charge in [0, 0.05) is 55.3 Å². The molecule has 0 saturated carbocycles. The van der Waals surface area contributed by atoms with Crippen LogP contribution in [0.3, 0.4) is 0 Å². The lowest BCUT2D eigenvalue weighted by molar-refractivity contribution is -0.125. The number of halogens is 2. The molecular weight excluding hydrogens is 538 g/mol. The van der Waals surface area contributed by atoms with Gasteiger partial charge in [-0.05, 0) is 68.0 Å². The Morgan fingerprint density at radius 1 is 0.857 bits per heavy atom. The Labute approximate surface area is 250 Å². The highest BCUT2D eigenvalue weighted by Gasteiger charge is 2.19. The van der Waals surface area contributed by atoms with Gasteiger partial charge in [0.2, 0.25) is 5.91 Å². The van der Waals surface area contributed by atoms with Gasteiger partial charge < -0.3 is 21.3 Å². The molecule has 0 aromatic heterocycles. The molecule has 3 amide bonds. The second-order valence-corrected chi connectivity index (χ2v) is 10.9. The SMILES string of the molecule is CCCN(CCC)C(=O)c1cccc(C(=O)NCC(N)CC(C)C(=O)NCC(CC)CC)c1.Cc1cc(F)cc(F)c1. The minimum atomic E-state index is -0.521. The summed E-state index contributed by atoms with van der Waals surface area (Å²) in [6.45, 7) is 14.2. The summed E-state index contributed by atoms with van der Waals surface area (Å²) in [7, 11) is 0. The predicted molar refractivity (Wildman–Crippen MR) is 165 cm³/mol. The fourth-order valence-electron chi connectivity index (χ4n) is 4.49. The van der Waals surface area contributed by atoms with Crippen LogP contribution in [0.5, 0.6) is 0 Å². The van der Waals surface area contributed by atoms with Crippen LogP contribution >= 0.6 is 0 Å². The van der Waals surface area contributed by atoms with Crippen LogP contribution in [-0.2, 0) is 4.79 Å². The number of nitrogens with two attached hydrogens (primary N) is 1. The van der Waals surface area contributed by atoms with Gasteiger partial charge in [0.1, 0.15) is 11.6 Å². The number of amides is 3. The Kier molecular flexibility index (Phi) is 17.2. The number of aryl methyl sites for hydroxylation is 1. The van der Waals surface area contributed by atoms with Gasteiger partial charge in [-0.3, -0.25) is 14.4 Å². The van der Waals surface area contributed by atoms with E-state index in [1.807, 2.05) is 25.7 Å². The molecule has 0 aliphatic rings. The van der Waals surface area contributed by atoms with Gasteiger partial charge in [-0.25, -0.2) is 8.78 Å². The van der Waals surface area contributed by atoms with Crippen LogP contribution in [0.4, 0.5) is 8.78 Å². The second kappa shape index (κ2) is 19.7. The summed E-state index contributed by atoms with van der Waals surface area (Å²) < 4.78 is 24.4.